The third kappa shape index (κ3) is 2.90. The number of ether oxygens (including phenoxy) is 1. The van der Waals surface area contributed by atoms with Crippen molar-refractivity contribution in [3.8, 4) is 5.75 Å². The van der Waals surface area contributed by atoms with Crippen LogP contribution in [0, 0.1) is 0 Å². The van der Waals surface area contributed by atoms with Crippen LogP contribution in [0.2, 0.25) is 0 Å². The lowest BCUT2D eigenvalue weighted by molar-refractivity contribution is 0.00578. The Morgan fingerprint density at radius 3 is 2.24 bits per heavy atom. The fourth-order valence-corrected chi connectivity index (χ4v) is 3.11. The summed E-state index contributed by atoms with van der Waals surface area (Å²) >= 11 is 0. The highest BCUT2D eigenvalue weighted by atomic mass is 16.7. The van der Waals surface area contributed by atoms with Gasteiger partial charge in [0.25, 0.3) is 0 Å². The van der Waals surface area contributed by atoms with E-state index < -0.39 is 0 Å². The Hall–Kier alpha value is -2.04. The first-order valence-electron chi connectivity index (χ1n) is 8.75. The van der Waals surface area contributed by atoms with Crippen molar-refractivity contribution in [2.75, 3.05) is 0 Å². The van der Waals surface area contributed by atoms with E-state index in [1.807, 2.05) is 24.3 Å². The molecule has 0 unspecified atom stereocenters. The van der Waals surface area contributed by atoms with E-state index in [0.717, 1.165) is 22.3 Å². The summed E-state index contributed by atoms with van der Waals surface area (Å²) in [6.07, 6.45) is 4.14. The quantitative estimate of drug-likeness (QED) is 0.773. The van der Waals surface area contributed by atoms with Crippen LogP contribution in [0.15, 0.2) is 54.6 Å². The SMILES string of the molecule is CC1(C)OB(c2ccc3c(c2)O[C@@H](c2ccccc2)C=C3)OC1(C)C. The highest BCUT2D eigenvalue weighted by Gasteiger charge is 2.51. The van der Waals surface area contributed by atoms with E-state index in [1.54, 1.807) is 0 Å². The van der Waals surface area contributed by atoms with E-state index in [4.69, 9.17) is 14.0 Å². The molecular weight excluding hydrogens is 311 g/mol. The molecule has 0 amide bonds. The molecule has 1 fully saturated rings. The minimum Gasteiger partial charge on any atom is -0.481 e. The molecule has 0 aliphatic carbocycles. The highest BCUT2D eigenvalue weighted by molar-refractivity contribution is 6.62. The summed E-state index contributed by atoms with van der Waals surface area (Å²) in [5.41, 5.74) is 2.51. The van der Waals surface area contributed by atoms with Crippen molar-refractivity contribution in [2.24, 2.45) is 0 Å². The molecule has 3 nitrogen and oxygen atoms in total. The van der Waals surface area contributed by atoms with Crippen molar-refractivity contribution in [1.29, 1.82) is 0 Å². The predicted molar refractivity (Wildman–Crippen MR) is 101 cm³/mol. The summed E-state index contributed by atoms with van der Waals surface area (Å²) in [4.78, 5) is 0. The molecule has 128 valence electrons. The van der Waals surface area contributed by atoms with E-state index in [0.29, 0.717) is 0 Å². The highest BCUT2D eigenvalue weighted by Crippen LogP contribution is 2.37. The van der Waals surface area contributed by atoms with Gasteiger partial charge in [-0.3, -0.25) is 0 Å². The predicted octanol–water partition coefficient (Wildman–Crippen LogP) is 4.13. The summed E-state index contributed by atoms with van der Waals surface area (Å²) in [5.74, 6) is 0.864. The molecule has 2 aromatic carbocycles. The zero-order valence-corrected chi connectivity index (χ0v) is 15.2. The van der Waals surface area contributed by atoms with Crippen LogP contribution in [0.1, 0.15) is 44.9 Å². The molecule has 2 aromatic rings. The monoisotopic (exact) mass is 334 g/mol. The molecule has 1 saturated heterocycles. The van der Waals surface area contributed by atoms with Crippen LogP contribution in [0.25, 0.3) is 6.08 Å². The average molecular weight is 334 g/mol. The zero-order valence-electron chi connectivity index (χ0n) is 15.2. The van der Waals surface area contributed by atoms with Gasteiger partial charge < -0.3 is 14.0 Å². The molecule has 0 radical (unpaired) electrons. The molecule has 25 heavy (non-hydrogen) atoms. The largest absolute Gasteiger partial charge is 0.494 e. The van der Waals surface area contributed by atoms with Gasteiger partial charge in [0.1, 0.15) is 11.9 Å². The molecule has 0 saturated carbocycles. The van der Waals surface area contributed by atoms with Crippen LogP contribution in [0.5, 0.6) is 5.75 Å². The van der Waals surface area contributed by atoms with Crippen molar-refractivity contribution in [3.63, 3.8) is 0 Å². The number of hydrogen-bond donors (Lipinski definition) is 0. The second-order valence-electron chi connectivity index (χ2n) is 7.69. The van der Waals surface area contributed by atoms with Crippen molar-refractivity contribution >= 4 is 18.7 Å². The van der Waals surface area contributed by atoms with Gasteiger partial charge in [-0.15, -0.1) is 0 Å². The zero-order chi connectivity index (χ0) is 17.7. The second-order valence-corrected chi connectivity index (χ2v) is 7.69. The topological polar surface area (TPSA) is 27.7 Å². The molecule has 2 heterocycles. The van der Waals surface area contributed by atoms with Gasteiger partial charge in [0.2, 0.25) is 0 Å². The first-order valence-corrected chi connectivity index (χ1v) is 8.75. The first kappa shape index (κ1) is 16.4. The van der Waals surface area contributed by atoms with Crippen LogP contribution in [-0.4, -0.2) is 18.3 Å². The maximum absolute atomic E-state index is 6.22. The smallest absolute Gasteiger partial charge is 0.481 e. The molecule has 0 aromatic heterocycles. The Kier molecular flexibility index (Phi) is 3.78. The molecule has 0 spiro atoms. The number of fused-ring (bicyclic) bond motifs is 1. The maximum atomic E-state index is 6.22. The second kappa shape index (κ2) is 5.75. The number of hydrogen-bond acceptors (Lipinski definition) is 3. The Bertz CT molecular complexity index is 795. The fraction of sp³-hybridized carbons (Fsp3) is 0.333. The summed E-state index contributed by atoms with van der Waals surface area (Å²) in [5, 5.41) is 0. The summed E-state index contributed by atoms with van der Waals surface area (Å²) in [6, 6.07) is 16.4. The van der Waals surface area contributed by atoms with E-state index in [-0.39, 0.29) is 24.4 Å². The van der Waals surface area contributed by atoms with Crippen molar-refractivity contribution in [1.82, 2.24) is 0 Å². The minimum absolute atomic E-state index is 0.0674. The summed E-state index contributed by atoms with van der Waals surface area (Å²) in [7, 11) is -0.375. The fourth-order valence-electron chi connectivity index (χ4n) is 3.11. The molecule has 4 heteroatoms. The first-order chi connectivity index (χ1) is 11.9. The van der Waals surface area contributed by atoms with Gasteiger partial charge in [-0.25, -0.2) is 0 Å². The summed E-state index contributed by atoms with van der Waals surface area (Å²) in [6.45, 7) is 8.26. The van der Waals surface area contributed by atoms with Gasteiger partial charge in [-0.1, -0.05) is 48.5 Å². The lowest BCUT2D eigenvalue weighted by Gasteiger charge is -2.32. The minimum atomic E-state index is -0.375. The van der Waals surface area contributed by atoms with Crippen molar-refractivity contribution < 1.29 is 14.0 Å². The van der Waals surface area contributed by atoms with Crippen molar-refractivity contribution in [2.45, 2.75) is 45.0 Å². The Labute approximate surface area is 149 Å². The molecule has 0 N–H and O–H groups in total. The average Bonchev–Trinajstić information content (AvgIpc) is 2.82. The lowest BCUT2D eigenvalue weighted by atomic mass is 9.78. The van der Waals surface area contributed by atoms with Gasteiger partial charge in [-0.05, 0) is 50.9 Å². The van der Waals surface area contributed by atoms with Crippen LogP contribution in [0.3, 0.4) is 0 Å². The van der Waals surface area contributed by atoms with Gasteiger partial charge in [0.05, 0.1) is 11.2 Å². The van der Waals surface area contributed by atoms with Crippen LogP contribution >= 0.6 is 0 Å². The molecule has 2 aliphatic rings. The van der Waals surface area contributed by atoms with Crippen molar-refractivity contribution in [3.05, 3.63) is 65.7 Å². The Morgan fingerprint density at radius 1 is 0.880 bits per heavy atom. The normalized spacial score (nSPS) is 23.2. The number of rotatable bonds is 2. The van der Waals surface area contributed by atoms with Crippen LogP contribution < -0.4 is 10.2 Å². The molecular formula is C21H23BO3. The van der Waals surface area contributed by atoms with Crippen LogP contribution in [0.4, 0.5) is 0 Å². The van der Waals surface area contributed by atoms with Gasteiger partial charge in [-0.2, -0.15) is 0 Å². The van der Waals surface area contributed by atoms with E-state index in [1.165, 1.54) is 0 Å². The molecule has 1 atom stereocenters. The van der Waals surface area contributed by atoms with E-state index in [9.17, 15) is 0 Å². The lowest BCUT2D eigenvalue weighted by Crippen LogP contribution is -2.41. The number of benzene rings is 2. The third-order valence-corrected chi connectivity index (χ3v) is 5.40. The van der Waals surface area contributed by atoms with E-state index >= 15 is 0 Å². The Balaban J connectivity index is 1.61. The molecule has 0 bridgehead atoms. The standard InChI is InChI=1S/C21H23BO3/c1-20(2)21(3,4)25-22(24-20)17-12-10-16-11-13-18(23-19(16)14-17)15-8-6-5-7-9-15/h5-14,18H,1-4H3/t18-/m1/s1. The Morgan fingerprint density at radius 2 is 1.56 bits per heavy atom. The molecule has 4 rings (SSSR count). The maximum Gasteiger partial charge on any atom is 0.494 e. The van der Waals surface area contributed by atoms with Gasteiger partial charge in [0, 0.05) is 5.56 Å². The molecule has 2 aliphatic heterocycles. The summed E-state index contributed by atoms with van der Waals surface area (Å²) < 4.78 is 18.5. The van der Waals surface area contributed by atoms with Gasteiger partial charge in [0.15, 0.2) is 0 Å². The third-order valence-electron chi connectivity index (χ3n) is 5.40. The van der Waals surface area contributed by atoms with Gasteiger partial charge >= 0.3 is 7.12 Å². The van der Waals surface area contributed by atoms with Crippen LogP contribution in [-0.2, 0) is 9.31 Å². The van der Waals surface area contributed by atoms with E-state index in [2.05, 4.69) is 64.1 Å².